The summed E-state index contributed by atoms with van der Waals surface area (Å²) in [4.78, 5) is 9.29. The van der Waals surface area contributed by atoms with Gasteiger partial charge in [-0.25, -0.2) is 9.50 Å². The molecule has 3 rings (SSSR count). The molecule has 3 heterocycles. The molecule has 0 saturated carbocycles. The van der Waals surface area contributed by atoms with E-state index in [9.17, 15) is 0 Å². The van der Waals surface area contributed by atoms with Crippen molar-refractivity contribution in [3.63, 3.8) is 0 Å². The maximum atomic E-state index is 4.42. The summed E-state index contributed by atoms with van der Waals surface area (Å²) in [6, 6.07) is 2.06. The van der Waals surface area contributed by atoms with Crippen molar-refractivity contribution < 1.29 is 0 Å². The number of hydrogen-bond acceptors (Lipinski definition) is 5. The van der Waals surface area contributed by atoms with Crippen LogP contribution in [0.1, 0.15) is 5.69 Å². The number of aryl methyl sites for hydroxylation is 1. The van der Waals surface area contributed by atoms with E-state index in [4.69, 9.17) is 0 Å². The highest BCUT2D eigenvalue weighted by atomic mass is 15.3. The second-order valence-electron chi connectivity index (χ2n) is 5.46. The first-order chi connectivity index (χ1) is 9.72. The smallest absolute Gasteiger partial charge is 0.152 e. The van der Waals surface area contributed by atoms with E-state index >= 15 is 0 Å². The minimum Gasteiger partial charge on any atom is -0.367 e. The van der Waals surface area contributed by atoms with E-state index in [1.54, 1.807) is 6.20 Å². The molecular weight excluding hydrogens is 252 g/mol. The molecule has 1 aliphatic heterocycles. The molecule has 0 spiro atoms. The molecule has 0 aliphatic carbocycles. The highest BCUT2D eigenvalue weighted by Crippen LogP contribution is 2.14. The number of nitrogens with one attached hydrogen (secondary N) is 1. The van der Waals surface area contributed by atoms with Crippen LogP contribution >= 0.6 is 0 Å². The minimum absolute atomic E-state index is 0.917. The van der Waals surface area contributed by atoms with Crippen molar-refractivity contribution in [2.45, 2.75) is 6.92 Å². The zero-order valence-electron chi connectivity index (χ0n) is 12.2. The summed E-state index contributed by atoms with van der Waals surface area (Å²) < 4.78 is 1.88. The standard InChI is InChI=1S/C14H22N6/c1-12-11-13-14(16-4-6-20(13)17-12)15-3-5-19-9-7-18(2)8-10-19/h4,6,11H,3,5,7-10H2,1-2H3,(H,15,16). The lowest BCUT2D eigenvalue weighted by Gasteiger charge is -2.32. The number of rotatable bonds is 4. The van der Waals surface area contributed by atoms with Gasteiger partial charge in [0.1, 0.15) is 5.52 Å². The first-order valence-electron chi connectivity index (χ1n) is 7.18. The van der Waals surface area contributed by atoms with E-state index in [0.717, 1.165) is 56.3 Å². The van der Waals surface area contributed by atoms with E-state index in [-0.39, 0.29) is 0 Å². The molecule has 0 unspecified atom stereocenters. The predicted molar refractivity (Wildman–Crippen MR) is 80.2 cm³/mol. The molecule has 0 bridgehead atoms. The van der Waals surface area contributed by atoms with Crippen LogP contribution in [0, 0.1) is 6.92 Å². The molecule has 20 heavy (non-hydrogen) atoms. The summed E-state index contributed by atoms with van der Waals surface area (Å²) in [5, 5.41) is 7.83. The molecule has 0 amide bonds. The van der Waals surface area contributed by atoms with Gasteiger partial charge in [-0.3, -0.25) is 4.90 Å². The van der Waals surface area contributed by atoms with E-state index < -0.39 is 0 Å². The largest absolute Gasteiger partial charge is 0.367 e. The molecule has 1 fully saturated rings. The molecule has 0 aromatic carbocycles. The third-order valence-electron chi connectivity index (χ3n) is 3.83. The number of aromatic nitrogens is 3. The van der Waals surface area contributed by atoms with Crippen molar-refractivity contribution >= 4 is 11.3 Å². The first kappa shape index (κ1) is 13.3. The topological polar surface area (TPSA) is 48.7 Å². The van der Waals surface area contributed by atoms with Gasteiger partial charge in [-0.1, -0.05) is 0 Å². The van der Waals surface area contributed by atoms with Crippen LogP contribution in [0.5, 0.6) is 0 Å². The van der Waals surface area contributed by atoms with Crippen LogP contribution in [0.25, 0.3) is 5.52 Å². The second-order valence-corrected chi connectivity index (χ2v) is 5.46. The number of likely N-dealkylation sites (N-methyl/N-ethyl adjacent to an activating group) is 1. The summed E-state index contributed by atoms with van der Waals surface area (Å²) in [6.07, 6.45) is 3.67. The molecule has 1 aliphatic rings. The van der Waals surface area contributed by atoms with Gasteiger partial charge in [-0.15, -0.1) is 0 Å². The fraction of sp³-hybridized carbons (Fsp3) is 0.571. The summed E-state index contributed by atoms with van der Waals surface area (Å²) in [6.45, 7) is 8.61. The van der Waals surface area contributed by atoms with Gasteiger partial charge in [0.2, 0.25) is 0 Å². The normalized spacial score (nSPS) is 17.7. The first-order valence-corrected chi connectivity index (χ1v) is 7.18. The Labute approximate surface area is 119 Å². The molecule has 1 N–H and O–H groups in total. The SMILES string of the molecule is Cc1cc2c(NCCN3CCN(C)CC3)nccn2n1. The number of piperazine rings is 1. The van der Waals surface area contributed by atoms with Crippen molar-refractivity contribution in [1.82, 2.24) is 24.4 Å². The minimum atomic E-state index is 0.917. The zero-order valence-corrected chi connectivity index (χ0v) is 12.2. The van der Waals surface area contributed by atoms with E-state index in [2.05, 4.69) is 38.3 Å². The van der Waals surface area contributed by atoms with E-state index in [0.29, 0.717) is 0 Å². The van der Waals surface area contributed by atoms with Crippen LogP contribution in [0.3, 0.4) is 0 Å². The van der Waals surface area contributed by atoms with Crippen LogP contribution in [0.4, 0.5) is 5.82 Å². The molecule has 0 radical (unpaired) electrons. The summed E-state index contributed by atoms with van der Waals surface area (Å²) in [5.41, 5.74) is 2.06. The lowest BCUT2D eigenvalue weighted by molar-refractivity contribution is 0.158. The summed E-state index contributed by atoms with van der Waals surface area (Å²) in [5.74, 6) is 0.919. The molecule has 2 aromatic heterocycles. The lowest BCUT2D eigenvalue weighted by atomic mass is 10.3. The van der Waals surface area contributed by atoms with Gasteiger partial charge in [0, 0.05) is 51.7 Å². The Bertz CT molecular complexity index is 570. The summed E-state index contributed by atoms with van der Waals surface area (Å²) in [7, 11) is 2.18. The predicted octanol–water partition coefficient (Wildman–Crippen LogP) is 0.697. The molecular formula is C14H22N6. The average Bonchev–Trinajstić information content (AvgIpc) is 2.82. The van der Waals surface area contributed by atoms with Crippen molar-refractivity contribution in [3.8, 4) is 0 Å². The van der Waals surface area contributed by atoms with Crippen molar-refractivity contribution in [2.75, 3.05) is 51.6 Å². The Morgan fingerprint density at radius 2 is 2.05 bits per heavy atom. The Morgan fingerprint density at radius 3 is 2.85 bits per heavy atom. The Balaban J connectivity index is 1.57. The van der Waals surface area contributed by atoms with Gasteiger partial charge >= 0.3 is 0 Å². The number of anilines is 1. The number of fused-ring (bicyclic) bond motifs is 1. The average molecular weight is 274 g/mol. The van der Waals surface area contributed by atoms with E-state index in [1.165, 1.54) is 0 Å². The van der Waals surface area contributed by atoms with Gasteiger partial charge in [-0.2, -0.15) is 5.10 Å². The maximum Gasteiger partial charge on any atom is 0.152 e. The van der Waals surface area contributed by atoms with Crippen molar-refractivity contribution in [3.05, 3.63) is 24.2 Å². The van der Waals surface area contributed by atoms with Gasteiger partial charge in [-0.05, 0) is 20.0 Å². The molecule has 108 valence electrons. The van der Waals surface area contributed by atoms with E-state index in [1.807, 2.05) is 17.6 Å². The Kier molecular flexibility index (Phi) is 3.84. The third kappa shape index (κ3) is 2.91. The Morgan fingerprint density at radius 1 is 1.25 bits per heavy atom. The highest BCUT2D eigenvalue weighted by molar-refractivity contribution is 5.67. The molecule has 0 atom stereocenters. The number of hydrogen-bond donors (Lipinski definition) is 1. The lowest BCUT2D eigenvalue weighted by Crippen LogP contribution is -2.45. The zero-order chi connectivity index (χ0) is 13.9. The van der Waals surface area contributed by atoms with Crippen LogP contribution < -0.4 is 5.32 Å². The quantitative estimate of drug-likeness (QED) is 0.889. The second kappa shape index (κ2) is 5.76. The fourth-order valence-electron chi connectivity index (χ4n) is 2.58. The maximum absolute atomic E-state index is 4.42. The monoisotopic (exact) mass is 274 g/mol. The molecule has 2 aromatic rings. The highest BCUT2D eigenvalue weighted by Gasteiger charge is 2.13. The molecule has 6 heteroatoms. The molecule has 6 nitrogen and oxygen atoms in total. The summed E-state index contributed by atoms with van der Waals surface area (Å²) >= 11 is 0. The third-order valence-corrected chi connectivity index (χ3v) is 3.83. The van der Waals surface area contributed by atoms with Gasteiger partial charge in [0.15, 0.2) is 5.82 Å². The van der Waals surface area contributed by atoms with Crippen LogP contribution in [0.15, 0.2) is 18.5 Å². The van der Waals surface area contributed by atoms with Gasteiger partial charge < -0.3 is 10.2 Å². The van der Waals surface area contributed by atoms with Crippen LogP contribution in [-0.4, -0.2) is 70.7 Å². The van der Waals surface area contributed by atoms with Gasteiger partial charge in [0.05, 0.1) is 5.69 Å². The van der Waals surface area contributed by atoms with Crippen LogP contribution in [0.2, 0.25) is 0 Å². The number of nitrogens with zero attached hydrogens (tertiary/aromatic N) is 5. The fourth-order valence-corrected chi connectivity index (χ4v) is 2.58. The Hall–Kier alpha value is -1.66. The van der Waals surface area contributed by atoms with Crippen molar-refractivity contribution in [2.24, 2.45) is 0 Å². The van der Waals surface area contributed by atoms with Crippen LogP contribution in [-0.2, 0) is 0 Å². The van der Waals surface area contributed by atoms with Crippen molar-refractivity contribution in [1.29, 1.82) is 0 Å². The molecule has 1 saturated heterocycles. The van der Waals surface area contributed by atoms with Gasteiger partial charge in [0.25, 0.3) is 0 Å².